The Hall–Kier alpha value is -2.63. The SMILES string of the molecule is CCc1nncn1CCNC(=NCc1cccc(C(F)(F)F)c1)NCc1ccc(C)cc1.I. The van der Waals surface area contributed by atoms with E-state index in [1.807, 2.05) is 42.7 Å². The van der Waals surface area contributed by atoms with Gasteiger partial charge < -0.3 is 15.2 Å². The molecule has 0 atom stereocenters. The van der Waals surface area contributed by atoms with Crippen molar-refractivity contribution in [2.24, 2.45) is 4.99 Å². The first-order chi connectivity index (χ1) is 15.3. The molecule has 0 unspecified atom stereocenters. The molecule has 10 heteroatoms. The quantitative estimate of drug-likeness (QED) is 0.233. The number of guanidine groups is 1. The van der Waals surface area contributed by atoms with E-state index in [1.165, 1.54) is 11.6 Å². The van der Waals surface area contributed by atoms with Crippen LogP contribution in [0.25, 0.3) is 0 Å². The Morgan fingerprint density at radius 3 is 2.52 bits per heavy atom. The highest BCUT2D eigenvalue weighted by Gasteiger charge is 2.30. The predicted molar refractivity (Wildman–Crippen MR) is 133 cm³/mol. The molecule has 6 nitrogen and oxygen atoms in total. The molecule has 0 aliphatic heterocycles. The van der Waals surface area contributed by atoms with Gasteiger partial charge >= 0.3 is 6.18 Å². The van der Waals surface area contributed by atoms with Gasteiger partial charge in [0.25, 0.3) is 0 Å². The van der Waals surface area contributed by atoms with Gasteiger partial charge in [-0.1, -0.05) is 48.9 Å². The van der Waals surface area contributed by atoms with Crippen LogP contribution in [-0.4, -0.2) is 27.3 Å². The van der Waals surface area contributed by atoms with Crippen LogP contribution in [0.4, 0.5) is 13.2 Å². The molecular weight excluding hydrogens is 544 g/mol. The van der Waals surface area contributed by atoms with E-state index in [9.17, 15) is 13.2 Å². The van der Waals surface area contributed by atoms with Crippen molar-refractivity contribution in [3.8, 4) is 0 Å². The first kappa shape index (κ1) is 26.6. The number of aryl methyl sites for hydroxylation is 2. The third kappa shape index (κ3) is 8.34. The Morgan fingerprint density at radius 2 is 1.82 bits per heavy atom. The number of halogens is 4. The highest BCUT2D eigenvalue weighted by atomic mass is 127. The third-order valence-corrected chi connectivity index (χ3v) is 4.91. The molecule has 0 amide bonds. The van der Waals surface area contributed by atoms with Crippen molar-refractivity contribution in [2.75, 3.05) is 6.54 Å². The van der Waals surface area contributed by atoms with E-state index in [1.54, 1.807) is 12.4 Å². The van der Waals surface area contributed by atoms with Crippen LogP contribution in [-0.2, 0) is 32.2 Å². The monoisotopic (exact) mass is 572 g/mol. The zero-order valence-corrected chi connectivity index (χ0v) is 20.9. The largest absolute Gasteiger partial charge is 0.416 e. The highest BCUT2D eigenvalue weighted by molar-refractivity contribution is 14.0. The van der Waals surface area contributed by atoms with Crippen LogP contribution in [0.15, 0.2) is 59.9 Å². The van der Waals surface area contributed by atoms with E-state index in [0.717, 1.165) is 29.9 Å². The molecule has 0 saturated carbocycles. The fourth-order valence-corrected chi connectivity index (χ4v) is 3.12. The van der Waals surface area contributed by atoms with E-state index in [4.69, 9.17) is 0 Å². The summed E-state index contributed by atoms with van der Waals surface area (Å²) in [6.45, 7) is 5.91. The van der Waals surface area contributed by atoms with Gasteiger partial charge in [-0.15, -0.1) is 34.2 Å². The second-order valence-electron chi connectivity index (χ2n) is 7.42. The number of alkyl halides is 3. The highest BCUT2D eigenvalue weighted by Crippen LogP contribution is 2.29. The molecule has 0 bridgehead atoms. The van der Waals surface area contributed by atoms with Crippen LogP contribution < -0.4 is 10.6 Å². The Morgan fingerprint density at radius 1 is 1.06 bits per heavy atom. The third-order valence-electron chi connectivity index (χ3n) is 4.91. The topological polar surface area (TPSA) is 67.1 Å². The molecule has 178 valence electrons. The second kappa shape index (κ2) is 12.6. The molecule has 1 aromatic heterocycles. The van der Waals surface area contributed by atoms with E-state index in [-0.39, 0.29) is 30.5 Å². The fourth-order valence-electron chi connectivity index (χ4n) is 3.12. The molecule has 1 heterocycles. The standard InChI is InChI=1S/C23H27F3N6.HI/c1-3-21-31-30-16-32(21)12-11-27-22(28-14-18-9-7-17(2)8-10-18)29-15-19-5-4-6-20(13-19)23(24,25)26;/h4-10,13,16H,3,11-12,14-15H2,1-2H3,(H2,27,28,29);1H. The molecule has 0 radical (unpaired) electrons. The van der Waals surface area contributed by atoms with E-state index in [0.29, 0.717) is 31.2 Å². The molecule has 0 aliphatic rings. The molecular formula is C23H28F3IN6. The summed E-state index contributed by atoms with van der Waals surface area (Å²) in [5.74, 6) is 1.41. The Bertz CT molecular complexity index is 1030. The van der Waals surface area contributed by atoms with Crippen molar-refractivity contribution >= 4 is 29.9 Å². The summed E-state index contributed by atoms with van der Waals surface area (Å²) < 4.78 is 40.9. The van der Waals surface area contributed by atoms with Gasteiger partial charge in [-0.05, 0) is 30.2 Å². The molecule has 0 spiro atoms. The smallest absolute Gasteiger partial charge is 0.355 e. The number of hydrogen-bond acceptors (Lipinski definition) is 3. The number of aromatic nitrogens is 3. The number of rotatable bonds is 8. The normalized spacial score (nSPS) is 11.7. The molecule has 0 fully saturated rings. The lowest BCUT2D eigenvalue weighted by Gasteiger charge is -2.14. The average Bonchev–Trinajstić information content (AvgIpc) is 3.23. The van der Waals surface area contributed by atoms with Crippen LogP contribution in [0.2, 0.25) is 0 Å². The molecule has 0 saturated heterocycles. The number of benzene rings is 2. The minimum Gasteiger partial charge on any atom is -0.355 e. The summed E-state index contributed by atoms with van der Waals surface area (Å²) in [6.07, 6.45) is -1.91. The van der Waals surface area contributed by atoms with Crippen molar-refractivity contribution in [3.05, 3.63) is 82.9 Å². The maximum absolute atomic E-state index is 13.0. The van der Waals surface area contributed by atoms with Crippen molar-refractivity contribution in [3.63, 3.8) is 0 Å². The summed E-state index contributed by atoms with van der Waals surface area (Å²) in [5, 5.41) is 14.5. The van der Waals surface area contributed by atoms with E-state index >= 15 is 0 Å². The molecule has 3 aromatic rings. The van der Waals surface area contributed by atoms with Crippen molar-refractivity contribution < 1.29 is 13.2 Å². The summed E-state index contributed by atoms with van der Waals surface area (Å²) in [6, 6.07) is 13.3. The van der Waals surface area contributed by atoms with Crippen LogP contribution in [0.5, 0.6) is 0 Å². The van der Waals surface area contributed by atoms with Gasteiger partial charge in [-0.25, -0.2) is 4.99 Å². The van der Waals surface area contributed by atoms with Crippen molar-refractivity contribution in [1.29, 1.82) is 0 Å². The minimum absolute atomic E-state index is 0. The van der Waals surface area contributed by atoms with Crippen molar-refractivity contribution in [2.45, 2.75) is 46.1 Å². The van der Waals surface area contributed by atoms with E-state index in [2.05, 4.69) is 25.8 Å². The average molecular weight is 572 g/mol. The van der Waals surface area contributed by atoms with Gasteiger partial charge in [0.05, 0.1) is 12.1 Å². The lowest BCUT2D eigenvalue weighted by atomic mass is 10.1. The van der Waals surface area contributed by atoms with Gasteiger partial charge in [-0.2, -0.15) is 13.2 Å². The maximum Gasteiger partial charge on any atom is 0.416 e. The zero-order chi connectivity index (χ0) is 23.0. The minimum atomic E-state index is -4.37. The zero-order valence-electron chi connectivity index (χ0n) is 18.6. The molecule has 2 aromatic carbocycles. The fraction of sp³-hybridized carbons (Fsp3) is 0.348. The second-order valence-corrected chi connectivity index (χ2v) is 7.42. The first-order valence-corrected chi connectivity index (χ1v) is 10.5. The number of nitrogens with one attached hydrogen (secondary N) is 2. The summed E-state index contributed by atoms with van der Waals surface area (Å²) >= 11 is 0. The van der Waals surface area contributed by atoms with Gasteiger partial charge in [0.1, 0.15) is 12.2 Å². The predicted octanol–water partition coefficient (Wildman–Crippen LogP) is 4.72. The molecule has 33 heavy (non-hydrogen) atoms. The first-order valence-electron chi connectivity index (χ1n) is 10.5. The summed E-state index contributed by atoms with van der Waals surface area (Å²) in [5.41, 5.74) is 2.07. The molecule has 0 aliphatic carbocycles. The molecule has 3 rings (SSSR count). The summed E-state index contributed by atoms with van der Waals surface area (Å²) in [4.78, 5) is 4.50. The van der Waals surface area contributed by atoms with Gasteiger partial charge in [0.2, 0.25) is 0 Å². The number of nitrogens with zero attached hydrogens (tertiary/aromatic N) is 4. The van der Waals surface area contributed by atoms with Crippen LogP contribution in [0, 0.1) is 6.92 Å². The van der Waals surface area contributed by atoms with Crippen LogP contribution >= 0.6 is 24.0 Å². The van der Waals surface area contributed by atoms with Gasteiger partial charge in [0.15, 0.2) is 5.96 Å². The van der Waals surface area contributed by atoms with Crippen molar-refractivity contribution in [1.82, 2.24) is 25.4 Å². The lowest BCUT2D eigenvalue weighted by molar-refractivity contribution is -0.137. The maximum atomic E-state index is 13.0. The lowest BCUT2D eigenvalue weighted by Crippen LogP contribution is -2.38. The summed E-state index contributed by atoms with van der Waals surface area (Å²) in [7, 11) is 0. The Balaban J connectivity index is 0.00000385. The van der Waals surface area contributed by atoms with Crippen LogP contribution in [0.1, 0.15) is 35.0 Å². The number of aliphatic imine (C=N–C) groups is 1. The number of hydrogen-bond donors (Lipinski definition) is 2. The van der Waals surface area contributed by atoms with Gasteiger partial charge in [-0.3, -0.25) is 0 Å². The Kier molecular flexibility index (Phi) is 10.1. The molecule has 2 N–H and O–H groups in total. The van der Waals surface area contributed by atoms with Gasteiger partial charge in [0, 0.05) is 26.1 Å². The van der Waals surface area contributed by atoms with Crippen LogP contribution in [0.3, 0.4) is 0 Å². The van der Waals surface area contributed by atoms with E-state index < -0.39 is 11.7 Å². The Labute approximate surface area is 208 Å².